The van der Waals surface area contributed by atoms with E-state index in [9.17, 15) is 5.26 Å². The highest BCUT2D eigenvalue weighted by Crippen LogP contribution is 2.34. The van der Waals surface area contributed by atoms with Crippen LogP contribution in [0.25, 0.3) is 0 Å². The third-order valence-corrected chi connectivity index (χ3v) is 4.57. The number of nitriles is 1. The normalized spacial score (nSPS) is 17.7. The summed E-state index contributed by atoms with van der Waals surface area (Å²) in [5.41, 5.74) is 1.92. The molecule has 4 heteroatoms. The molecule has 0 spiro atoms. The third-order valence-electron chi connectivity index (χ3n) is 3.90. The number of anilines is 1. The van der Waals surface area contributed by atoms with Gasteiger partial charge in [0.15, 0.2) is 0 Å². The maximum atomic E-state index is 9.18. The average Bonchev–Trinajstić information content (AvgIpc) is 2.48. The lowest BCUT2D eigenvalue weighted by molar-refractivity contribution is 0.0301. The fourth-order valence-corrected chi connectivity index (χ4v) is 3.08. The highest BCUT2D eigenvalue weighted by Gasteiger charge is 2.32. The number of para-hydroxylation sites is 1. The second-order valence-electron chi connectivity index (χ2n) is 5.26. The second kappa shape index (κ2) is 6.31. The van der Waals surface area contributed by atoms with E-state index in [0.717, 1.165) is 49.6 Å². The molecule has 0 amide bonds. The standard InChI is InChI=1S/C15H20N2OS/c1-17(14-5-3-2-4-13(14)10-16)11-15(12-19)6-8-18-9-7-15/h2-5,19H,6-9,11-12H2,1H3. The maximum Gasteiger partial charge on any atom is 0.101 e. The molecule has 102 valence electrons. The minimum Gasteiger partial charge on any atom is -0.381 e. The first-order chi connectivity index (χ1) is 9.21. The van der Waals surface area contributed by atoms with Crippen LogP contribution in [-0.4, -0.2) is 32.6 Å². The SMILES string of the molecule is CN(CC1(CS)CCOCC1)c1ccccc1C#N. The van der Waals surface area contributed by atoms with E-state index >= 15 is 0 Å². The Bertz CT molecular complexity index is 463. The average molecular weight is 276 g/mol. The van der Waals surface area contributed by atoms with Gasteiger partial charge in [-0.05, 0) is 30.7 Å². The first kappa shape index (κ1) is 14.2. The lowest BCUT2D eigenvalue weighted by Crippen LogP contribution is -2.41. The summed E-state index contributed by atoms with van der Waals surface area (Å²) < 4.78 is 5.45. The Morgan fingerprint density at radius 1 is 1.37 bits per heavy atom. The molecule has 0 bridgehead atoms. The van der Waals surface area contributed by atoms with Crippen molar-refractivity contribution in [3.63, 3.8) is 0 Å². The van der Waals surface area contributed by atoms with Gasteiger partial charge < -0.3 is 9.64 Å². The largest absolute Gasteiger partial charge is 0.381 e. The fourth-order valence-electron chi connectivity index (χ4n) is 2.66. The summed E-state index contributed by atoms with van der Waals surface area (Å²) in [5, 5.41) is 9.18. The van der Waals surface area contributed by atoms with Crippen molar-refractivity contribution < 1.29 is 4.74 Å². The molecule has 1 aromatic rings. The zero-order valence-corrected chi connectivity index (χ0v) is 12.2. The van der Waals surface area contributed by atoms with Gasteiger partial charge >= 0.3 is 0 Å². The number of hydrogen-bond donors (Lipinski definition) is 1. The Hall–Kier alpha value is -1.18. The van der Waals surface area contributed by atoms with Crippen LogP contribution in [0.15, 0.2) is 24.3 Å². The Balaban J connectivity index is 2.15. The van der Waals surface area contributed by atoms with E-state index in [1.807, 2.05) is 24.3 Å². The predicted molar refractivity (Wildman–Crippen MR) is 80.8 cm³/mol. The number of ether oxygens (including phenoxy) is 1. The lowest BCUT2D eigenvalue weighted by Gasteiger charge is -2.39. The Morgan fingerprint density at radius 2 is 2.05 bits per heavy atom. The van der Waals surface area contributed by atoms with Crippen molar-refractivity contribution >= 4 is 18.3 Å². The molecule has 1 aliphatic heterocycles. The topological polar surface area (TPSA) is 36.3 Å². The zero-order chi connectivity index (χ0) is 13.7. The van der Waals surface area contributed by atoms with Crippen LogP contribution >= 0.6 is 12.6 Å². The molecule has 1 saturated heterocycles. The minimum absolute atomic E-state index is 0.193. The lowest BCUT2D eigenvalue weighted by atomic mass is 9.81. The summed E-state index contributed by atoms with van der Waals surface area (Å²) in [7, 11) is 2.05. The number of nitrogens with zero attached hydrogens (tertiary/aromatic N) is 2. The van der Waals surface area contributed by atoms with Crippen LogP contribution in [0.4, 0.5) is 5.69 Å². The Kier molecular flexibility index (Phi) is 4.73. The molecule has 1 fully saturated rings. The van der Waals surface area contributed by atoms with Crippen LogP contribution in [-0.2, 0) is 4.74 Å². The van der Waals surface area contributed by atoms with E-state index in [4.69, 9.17) is 4.74 Å². The van der Waals surface area contributed by atoms with Crippen molar-refractivity contribution in [2.24, 2.45) is 5.41 Å². The maximum absolute atomic E-state index is 9.18. The van der Waals surface area contributed by atoms with Crippen LogP contribution in [0.2, 0.25) is 0 Å². The van der Waals surface area contributed by atoms with E-state index < -0.39 is 0 Å². The van der Waals surface area contributed by atoms with E-state index in [2.05, 4.69) is 30.6 Å². The first-order valence-corrected chi connectivity index (χ1v) is 7.23. The van der Waals surface area contributed by atoms with Gasteiger partial charge in [-0.1, -0.05) is 12.1 Å². The van der Waals surface area contributed by atoms with Gasteiger partial charge in [0, 0.05) is 32.2 Å². The molecule has 0 saturated carbocycles. The summed E-state index contributed by atoms with van der Waals surface area (Å²) in [4.78, 5) is 2.18. The number of thiol groups is 1. The molecule has 0 radical (unpaired) electrons. The molecule has 1 aliphatic rings. The predicted octanol–water partition coefficient (Wildman–Crippen LogP) is 2.72. The van der Waals surface area contributed by atoms with Gasteiger partial charge in [0.1, 0.15) is 6.07 Å². The van der Waals surface area contributed by atoms with Gasteiger partial charge in [0.25, 0.3) is 0 Å². The van der Waals surface area contributed by atoms with Gasteiger partial charge in [-0.2, -0.15) is 17.9 Å². The van der Waals surface area contributed by atoms with Gasteiger partial charge in [0.05, 0.1) is 11.3 Å². The molecule has 3 nitrogen and oxygen atoms in total. The monoisotopic (exact) mass is 276 g/mol. The Morgan fingerprint density at radius 3 is 2.68 bits per heavy atom. The molecular weight excluding hydrogens is 256 g/mol. The van der Waals surface area contributed by atoms with Crippen LogP contribution in [0.1, 0.15) is 18.4 Å². The molecule has 0 aliphatic carbocycles. The van der Waals surface area contributed by atoms with E-state index in [0.29, 0.717) is 0 Å². The second-order valence-corrected chi connectivity index (χ2v) is 5.57. The summed E-state index contributed by atoms with van der Waals surface area (Å²) in [6.07, 6.45) is 2.07. The van der Waals surface area contributed by atoms with Gasteiger partial charge in [-0.25, -0.2) is 0 Å². The summed E-state index contributed by atoms with van der Waals surface area (Å²) in [6, 6.07) is 10.0. The van der Waals surface area contributed by atoms with Crippen LogP contribution in [0.3, 0.4) is 0 Å². The third kappa shape index (κ3) is 3.23. The molecule has 0 unspecified atom stereocenters. The fraction of sp³-hybridized carbons (Fsp3) is 0.533. The van der Waals surface area contributed by atoms with E-state index in [-0.39, 0.29) is 5.41 Å². The van der Waals surface area contributed by atoms with Crippen LogP contribution < -0.4 is 4.90 Å². The van der Waals surface area contributed by atoms with Gasteiger partial charge in [0.2, 0.25) is 0 Å². The molecule has 1 heterocycles. The highest BCUT2D eigenvalue weighted by molar-refractivity contribution is 7.80. The van der Waals surface area contributed by atoms with Gasteiger partial charge in [-0.3, -0.25) is 0 Å². The molecule has 19 heavy (non-hydrogen) atoms. The van der Waals surface area contributed by atoms with Crippen molar-refractivity contribution in [1.29, 1.82) is 5.26 Å². The van der Waals surface area contributed by atoms with Crippen molar-refractivity contribution in [2.75, 3.05) is 37.5 Å². The molecule has 0 N–H and O–H groups in total. The summed E-state index contributed by atoms with van der Waals surface area (Å²) in [6.45, 7) is 2.54. The molecule has 0 atom stereocenters. The van der Waals surface area contributed by atoms with Crippen molar-refractivity contribution in [1.82, 2.24) is 0 Å². The molecular formula is C15H20N2OS. The minimum atomic E-state index is 0.193. The van der Waals surface area contributed by atoms with Crippen LogP contribution in [0, 0.1) is 16.7 Å². The van der Waals surface area contributed by atoms with Crippen LogP contribution in [0.5, 0.6) is 0 Å². The van der Waals surface area contributed by atoms with Crippen molar-refractivity contribution in [2.45, 2.75) is 12.8 Å². The van der Waals surface area contributed by atoms with Crippen molar-refractivity contribution in [3.05, 3.63) is 29.8 Å². The smallest absolute Gasteiger partial charge is 0.101 e. The van der Waals surface area contributed by atoms with E-state index in [1.165, 1.54) is 0 Å². The summed E-state index contributed by atoms with van der Waals surface area (Å²) in [5.74, 6) is 0.857. The zero-order valence-electron chi connectivity index (χ0n) is 11.3. The number of hydrogen-bond acceptors (Lipinski definition) is 4. The highest BCUT2D eigenvalue weighted by atomic mass is 32.1. The molecule has 2 rings (SSSR count). The first-order valence-electron chi connectivity index (χ1n) is 6.60. The Labute approximate surface area is 120 Å². The quantitative estimate of drug-likeness (QED) is 0.859. The number of rotatable bonds is 4. The van der Waals surface area contributed by atoms with E-state index in [1.54, 1.807) is 0 Å². The van der Waals surface area contributed by atoms with Crippen molar-refractivity contribution in [3.8, 4) is 6.07 Å². The summed E-state index contributed by atoms with van der Waals surface area (Å²) >= 11 is 4.54. The molecule has 0 aromatic heterocycles. The van der Waals surface area contributed by atoms with Gasteiger partial charge in [-0.15, -0.1) is 0 Å². The molecule has 1 aromatic carbocycles. The number of benzene rings is 1.